The summed E-state index contributed by atoms with van der Waals surface area (Å²) in [6.45, 7) is 0. The Balaban J connectivity index is 2.49. The van der Waals surface area contributed by atoms with Gasteiger partial charge in [-0.05, 0) is 36.8 Å². The standard InChI is InChI=1S/C13H13NS2/c1-15-10-6-7-11(13(9-10)16-2)12-5-3-4-8-14-12/h3-9H,1-2H3. The van der Waals surface area contributed by atoms with Crippen molar-refractivity contribution in [1.29, 1.82) is 0 Å². The topological polar surface area (TPSA) is 12.9 Å². The molecule has 0 saturated carbocycles. The van der Waals surface area contributed by atoms with Gasteiger partial charge in [0.1, 0.15) is 0 Å². The Bertz CT molecular complexity index is 469. The zero-order valence-corrected chi connectivity index (χ0v) is 10.9. The summed E-state index contributed by atoms with van der Waals surface area (Å²) in [5, 5.41) is 0. The molecule has 1 nitrogen and oxygen atoms in total. The predicted octanol–water partition coefficient (Wildman–Crippen LogP) is 4.19. The van der Waals surface area contributed by atoms with E-state index in [9.17, 15) is 0 Å². The first kappa shape index (κ1) is 11.6. The van der Waals surface area contributed by atoms with Crippen LogP contribution in [0, 0.1) is 0 Å². The van der Waals surface area contributed by atoms with Crippen LogP contribution in [0.4, 0.5) is 0 Å². The van der Waals surface area contributed by atoms with Crippen LogP contribution in [0.3, 0.4) is 0 Å². The van der Waals surface area contributed by atoms with Crippen LogP contribution in [0.2, 0.25) is 0 Å². The molecule has 0 aliphatic heterocycles. The molecule has 82 valence electrons. The Morgan fingerprint density at radius 1 is 1.00 bits per heavy atom. The molecular formula is C13H13NS2. The Morgan fingerprint density at radius 3 is 2.50 bits per heavy atom. The minimum atomic E-state index is 1.04. The third kappa shape index (κ3) is 2.42. The summed E-state index contributed by atoms with van der Waals surface area (Å²) in [7, 11) is 0. The van der Waals surface area contributed by atoms with Crippen LogP contribution in [0.25, 0.3) is 11.3 Å². The smallest absolute Gasteiger partial charge is 0.0713 e. The summed E-state index contributed by atoms with van der Waals surface area (Å²) in [5.41, 5.74) is 2.26. The first-order valence-corrected chi connectivity index (χ1v) is 7.43. The van der Waals surface area contributed by atoms with Crippen LogP contribution in [0.1, 0.15) is 0 Å². The number of hydrogen-bond acceptors (Lipinski definition) is 3. The van der Waals surface area contributed by atoms with E-state index >= 15 is 0 Å². The second kappa shape index (κ2) is 5.41. The van der Waals surface area contributed by atoms with Gasteiger partial charge in [-0.15, -0.1) is 23.5 Å². The predicted molar refractivity (Wildman–Crippen MR) is 73.2 cm³/mol. The van der Waals surface area contributed by atoms with Crippen LogP contribution >= 0.6 is 23.5 Å². The van der Waals surface area contributed by atoms with E-state index in [0.29, 0.717) is 0 Å². The van der Waals surface area contributed by atoms with Gasteiger partial charge in [0.2, 0.25) is 0 Å². The molecule has 0 radical (unpaired) electrons. The molecule has 0 atom stereocenters. The molecule has 2 aromatic rings. The summed E-state index contributed by atoms with van der Waals surface area (Å²) in [6, 6.07) is 12.5. The molecule has 3 heteroatoms. The number of nitrogens with zero attached hydrogens (tertiary/aromatic N) is 1. The van der Waals surface area contributed by atoms with Gasteiger partial charge < -0.3 is 0 Å². The molecule has 16 heavy (non-hydrogen) atoms. The highest BCUT2D eigenvalue weighted by molar-refractivity contribution is 7.99. The zero-order valence-electron chi connectivity index (χ0n) is 9.31. The molecule has 0 aliphatic rings. The van der Waals surface area contributed by atoms with Gasteiger partial charge in [-0.2, -0.15) is 0 Å². The van der Waals surface area contributed by atoms with E-state index in [0.717, 1.165) is 5.69 Å². The van der Waals surface area contributed by atoms with E-state index in [-0.39, 0.29) is 0 Å². The van der Waals surface area contributed by atoms with E-state index in [4.69, 9.17) is 0 Å². The number of benzene rings is 1. The van der Waals surface area contributed by atoms with Gasteiger partial charge in [-0.25, -0.2) is 0 Å². The molecule has 0 spiro atoms. The highest BCUT2D eigenvalue weighted by atomic mass is 32.2. The summed E-state index contributed by atoms with van der Waals surface area (Å²) in [4.78, 5) is 6.97. The molecule has 0 bridgehead atoms. The minimum absolute atomic E-state index is 1.04. The molecule has 1 aromatic carbocycles. The number of aromatic nitrogens is 1. The van der Waals surface area contributed by atoms with E-state index in [1.807, 2.05) is 24.4 Å². The van der Waals surface area contributed by atoms with Crippen molar-refractivity contribution in [3.8, 4) is 11.3 Å². The number of thioether (sulfide) groups is 2. The van der Waals surface area contributed by atoms with Crippen molar-refractivity contribution in [2.45, 2.75) is 9.79 Å². The fourth-order valence-electron chi connectivity index (χ4n) is 1.53. The number of pyridine rings is 1. The van der Waals surface area contributed by atoms with Crippen LogP contribution in [-0.2, 0) is 0 Å². The van der Waals surface area contributed by atoms with Crippen molar-refractivity contribution in [3.63, 3.8) is 0 Å². The molecule has 0 amide bonds. The van der Waals surface area contributed by atoms with Crippen molar-refractivity contribution in [1.82, 2.24) is 4.98 Å². The van der Waals surface area contributed by atoms with Gasteiger partial charge in [0.25, 0.3) is 0 Å². The van der Waals surface area contributed by atoms with E-state index in [1.165, 1.54) is 15.4 Å². The molecule has 0 saturated heterocycles. The maximum Gasteiger partial charge on any atom is 0.0713 e. The lowest BCUT2D eigenvalue weighted by Gasteiger charge is -2.08. The van der Waals surface area contributed by atoms with Crippen molar-refractivity contribution in [2.24, 2.45) is 0 Å². The van der Waals surface area contributed by atoms with Crippen LogP contribution < -0.4 is 0 Å². The third-order valence-electron chi connectivity index (χ3n) is 2.35. The monoisotopic (exact) mass is 247 g/mol. The SMILES string of the molecule is CSc1ccc(-c2ccccn2)c(SC)c1. The highest BCUT2D eigenvalue weighted by Gasteiger charge is 2.05. The van der Waals surface area contributed by atoms with Gasteiger partial charge in [0, 0.05) is 21.6 Å². The van der Waals surface area contributed by atoms with E-state index < -0.39 is 0 Å². The maximum absolute atomic E-state index is 4.39. The lowest BCUT2D eigenvalue weighted by atomic mass is 10.1. The molecule has 0 unspecified atom stereocenters. The average molecular weight is 247 g/mol. The van der Waals surface area contributed by atoms with Gasteiger partial charge in [-0.1, -0.05) is 12.1 Å². The first-order chi connectivity index (χ1) is 7.85. The molecule has 0 aliphatic carbocycles. The van der Waals surface area contributed by atoms with Crippen LogP contribution in [0.5, 0.6) is 0 Å². The van der Waals surface area contributed by atoms with E-state index in [1.54, 1.807) is 23.5 Å². The maximum atomic E-state index is 4.39. The normalized spacial score (nSPS) is 10.4. The van der Waals surface area contributed by atoms with E-state index in [2.05, 4.69) is 35.7 Å². The summed E-state index contributed by atoms with van der Waals surface area (Å²) in [5.74, 6) is 0. The van der Waals surface area contributed by atoms with Crippen molar-refractivity contribution in [2.75, 3.05) is 12.5 Å². The zero-order chi connectivity index (χ0) is 11.4. The second-order valence-electron chi connectivity index (χ2n) is 3.28. The Morgan fingerprint density at radius 2 is 1.88 bits per heavy atom. The van der Waals surface area contributed by atoms with Crippen molar-refractivity contribution in [3.05, 3.63) is 42.6 Å². The minimum Gasteiger partial charge on any atom is -0.256 e. The average Bonchev–Trinajstić information content (AvgIpc) is 2.39. The third-order valence-corrected chi connectivity index (χ3v) is 3.85. The number of rotatable bonds is 3. The molecule has 0 N–H and O–H groups in total. The van der Waals surface area contributed by atoms with Gasteiger partial charge in [-0.3, -0.25) is 4.98 Å². The van der Waals surface area contributed by atoms with Gasteiger partial charge >= 0.3 is 0 Å². The Kier molecular flexibility index (Phi) is 3.91. The first-order valence-electron chi connectivity index (χ1n) is 4.98. The second-order valence-corrected chi connectivity index (χ2v) is 5.01. The van der Waals surface area contributed by atoms with Gasteiger partial charge in [0.15, 0.2) is 0 Å². The fraction of sp³-hybridized carbons (Fsp3) is 0.154. The summed E-state index contributed by atoms with van der Waals surface area (Å²) < 4.78 is 0. The molecule has 1 aromatic heterocycles. The molecule has 2 rings (SSSR count). The summed E-state index contributed by atoms with van der Waals surface area (Å²) >= 11 is 3.53. The summed E-state index contributed by atoms with van der Waals surface area (Å²) in [6.07, 6.45) is 6.04. The largest absolute Gasteiger partial charge is 0.256 e. The number of hydrogen-bond donors (Lipinski definition) is 0. The van der Waals surface area contributed by atoms with Crippen LogP contribution in [0.15, 0.2) is 52.4 Å². The lowest BCUT2D eigenvalue weighted by molar-refractivity contribution is 1.27. The van der Waals surface area contributed by atoms with Crippen molar-refractivity contribution < 1.29 is 0 Å². The molecule has 1 heterocycles. The van der Waals surface area contributed by atoms with Crippen molar-refractivity contribution >= 4 is 23.5 Å². The molecule has 0 fully saturated rings. The lowest BCUT2D eigenvalue weighted by Crippen LogP contribution is -1.85. The fourth-order valence-corrected chi connectivity index (χ4v) is 2.68. The van der Waals surface area contributed by atoms with Crippen LogP contribution in [-0.4, -0.2) is 17.5 Å². The van der Waals surface area contributed by atoms with Gasteiger partial charge in [0.05, 0.1) is 5.69 Å². The molecular weight excluding hydrogens is 234 g/mol. The quantitative estimate of drug-likeness (QED) is 0.755. The highest BCUT2D eigenvalue weighted by Crippen LogP contribution is 2.32. The Labute approximate surface area is 105 Å². The Hall–Kier alpha value is -0.930.